The standard InChI is InChI=1S/2AsHO2.K.H2O/c2*2-1-3;;/h2*(H,2,3);;1H2/q;;+1;/p-1. The van der Waals surface area contributed by atoms with Crippen LogP contribution in [0.25, 0.3) is 0 Å². The van der Waals surface area contributed by atoms with Gasteiger partial charge in [-0.3, -0.25) is 0 Å². The van der Waals surface area contributed by atoms with Crippen LogP contribution in [0.3, 0.4) is 0 Å². The fourth-order valence-corrected chi connectivity index (χ4v) is 0. The van der Waals surface area contributed by atoms with Crippen LogP contribution < -0.4 is 55.5 Å². The van der Waals surface area contributed by atoms with Gasteiger partial charge in [-0.1, -0.05) is 0 Å². The first kappa shape index (κ1) is 22.5. The van der Waals surface area contributed by atoms with E-state index >= 15 is 0 Å². The maximum atomic E-state index is 8.58. The molecule has 3 N–H and O–H groups in total. The van der Waals surface area contributed by atoms with Crippen LogP contribution in [0.5, 0.6) is 0 Å². The Morgan fingerprint density at radius 1 is 1.38 bits per heavy atom. The Balaban J connectivity index is -0.0000000160. The van der Waals surface area contributed by atoms with Gasteiger partial charge in [0.15, 0.2) is 0 Å². The molecule has 0 unspecified atom stereocenters. The van der Waals surface area contributed by atoms with Gasteiger partial charge in [-0.2, -0.15) is 0 Å². The van der Waals surface area contributed by atoms with Crippen molar-refractivity contribution in [3.05, 3.63) is 0 Å². The SMILES string of the molecule is O.O=[As]O.O=[As][O-].[K+]. The minimum absolute atomic E-state index is 0. The molecule has 44 valence electrons. The van der Waals surface area contributed by atoms with Gasteiger partial charge in [-0.25, -0.2) is 0 Å². The van der Waals surface area contributed by atoms with Gasteiger partial charge in [0.1, 0.15) is 0 Å². The molecule has 0 spiro atoms. The summed E-state index contributed by atoms with van der Waals surface area (Å²) in [5, 5.41) is 0. The van der Waals surface area contributed by atoms with Gasteiger partial charge in [-0.05, 0) is 0 Å². The quantitative estimate of drug-likeness (QED) is 0.442. The zero-order chi connectivity index (χ0) is 5.41. The van der Waals surface area contributed by atoms with Crippen molar-refractivity contribution < 1.29 is 72.5 Å². The first-order valence-electron chi connectivity index (χ1n) is 0.748. The van der Waals surface area contributed by atoms with E-state index in [1.54, 1.807) is 0 Å². The molecule has 0 rings (SSSR count). The van der Waals surface area contributed by atoms with Crippen LogP contribution >= 0.6 is 0 Å². The van der Waals surface area contributed by atoms with Crippen molar-refractivity contribution in [2.45, 2.75) is 0 Å². The van der Waals surface area contributed by atoms with Crippen molar-refractivity contribution in [2.75, 3.05) is 0 Å². The summed E-state index contributed by atoms with van der Waals surface area (Å²) >= 11 is -3.38. The summed E-state index contributed by atoms with van der Waals surface area (Å²) in [6.07, 6.45) is 0. The molecule has 0 saturated carbocycles. The van der Waals surface area contributed by atoms with Crippen molar-refractivity contribution in [3.63, 3.8) is 0 Å². The van der Waals surface area contributed by atoms with Crippen LogP contribution in [0.4, 0.5) is 0 Å². The predicted octanol–water partition coefficient (Wildman–Crippen LogP) is -6.57. The van der Waals surface area contributed by atoms with Crippen LogP contribution in [0.2, 0.25) is 0 Å². The fourth-order valence-electron chi connectivity index (χ4n) is 0. The molecular formula is H3As2KO5. The van der Waals surface area contributed by atoms with Crippen molar-refractivity contribution >= 4 is 32.1 Å². The van der Waals surface area contributed by atoms with Gasteiger partial charge in [0.25, 0.3) is 0 Å². The average molecular weight is 272 g/mol. The molecule has 0 radical (unpaired) electrons. The number of rotatable bonds is 0. The molecule has 8 heavy (non-hydrogen) atoms. The summed E-state index contributed by atoms with van der Waals surface area (Å²) in [6, 6.07) is 0. The molecule has 0 aliphatic rings. The molecular weight excluding hydrogens is 269 g/mol. The van der Waals surface area contributed by atoms with Crippen LogP contribution in [-0.4, -0.2) is 41.6 Å². The van der Waals surface area contributed by atoms with Crippen LogP contribution in [0.15, 0.2) is 0 Å². The molecule has 0 bridgehead atoms. The molecule has 5 nitrogen and oxygen atoms in total. The molecule has 0 aliphatic carbocycles. The van der Waals surface area contributed by atoms with Gasteiger partial charge in [0.05, 0.1) is 0 Å². The third-order valence-corrected chi connectivity index (χ3v) is 0. The van der Waals surface area contributed by atoms with Gasteiger partial charge in [0, 0.05) is 0 Å². The van der Waals surface area contributed by atoms with Gasteiger partial charge in [0.2, 0.25) is 0 Å². The van der Waals surface area contributed by atoms with Crippen molar-refractivity contribution in [2.24, 2.45) is 0 Å². The van der Waals surface area contributed by atoms with E-state index in [4.69, 9.17) is 15.7 Å². The smallest absolute Gasteiger partial charge is 1.00 e. The average Bonchev–Trinajstić information content (AvgIpc) is 1.39. The van der Waals surface area contributed by atoms with E-state index in [9.17, 15) is 0 Å². The monoisotopic (exact) mass is 272 g/mol. The third-order valence-electron chi connectivity index (χ3n) is 0. The molecule has 0 atom stereocenters. The molecule has 8 heteroatoms. The molecule has 0 aromatic heterocycles. The van der Waals surface area contributed by atoms with E-state index in [-0.39, 0.29) is 56.9 Å². The topological polar surface area (TPSA) is 109 Å². The summed E-state index contributed by atoms with van der Waals surface area (Å²) in [4.78, 5) is 0. The first-order valence-corrected chi connectivity index (χ1v) is 3.89. The van der Waals surface area contributed by atoms with Crippen molar-refractivity contribution in [1.29, 1.82) is 0 Å². The van der Waals surface area contributed by atoms with Crippen LogP contribution in [0, 0.1) is 0 Å². The van der Waals surface area contributed by atoms with Crippen LogP contribution in [0.1, 0.15) is 0 Å². The summed E-state index contributed by atoms with van der Waals surface area (Å²) in [5.74, 6) is 0. The van der Waals surface area contributed by atoms with Crippen molar-refractivity contribution in [3.8, 4) is 0 Å². The minimum atomic E-state index is -1.81. The van der Waals surface area contributed by atoms with E-state index < -0.39 is 32.1 Å². The van der Waals surface area contributed by atoms with E-state index in [0.29, 0.717) is 0 Å². The maximum Gasteiger partial charge on any atom is 1.00 e. The fraction of sp³-hybridized carbons (Fsp3) is 0. The maximum absolute atomic E-state index is 8.58. The van der Waals surface area contributed by atoms with E-state index in [1.807, 2.05) is 0 Å². The molecule has 0 aromatic carbocycles. The Bertz CT molecular complexity index is 31.4. The first-order chi connectivity index (χ1) is 2.83. The van der Waals surface area contributed by atoms with Gasteiger partial charge >= 0.3 is 99.1 Å². The molecule has 0 fully saturated rings. The molecule has 0 aromatic rings. The summed E-state index contributed by atoms with van der Waals surface area (Å²) in [7, 11) is 0. The zero-order valence-corrected chi connectivity index (χ0v) is 10.9. The van der Waals surface area contributed by atoms with Crippen molar-refractivity contribution in [1.82, 2.24) is 0 Å². The Morgan fingerprint density at radius 2 is 1.38 bits per heavy atom. The summed E-state index contributed by atoms with van der Waals surface area (Å²) < 4.78 is 32.6. The molecule has 0 amide bonds. The normalized spacial score (nSPS) is 5.25. The summed E-state index contributed by atoms with van der Waals surface area (Å²) in [6.45, 7) is 0. The zero-order valence-electron chi connectivity index (χ0n) is 4.07. The summed E-state index contributed by atoms with van der Waals surface area (Å²) in [5.41, 5.74) is 0. The Morgan fingerprint density at radius 3 is 1.38 bits per heavy atom. The second-order valence-corrected chi connectivity index (χ2v) is 0.812. The van der Waals surface area contributed by atoms with E-state index in [2.05, 4.69) is 0 Å². The van der Waals surface area contributed by atoms with E-state index in [0.717, 1.165) is 0 Å². The Hall–Kier alpha value is 2.23. The predicted molar refractivity (Wildman–Crippen MR) is 18.7 cm³/mol. The minimum Gasteiger partial charge on any atom is 1.00 e. The molecule has 0 aliphatic heterocycles. The van der Waals surface area contributed by atoms with Crippen LogP contribution in [-0.2, 0) is 7.48 Å². The Kier molecular flexibility index (Phi) is 98.0. The number of hydrogen-bond donors (Lipinski definition) is 1. The number of hydrogen-bond acceptors (Lipinski definition) is 3. The largest absolute Gasteiger partial charge is 1.00 e. The third kappa shape index (κ3) is 86.4. The molecule has 0 heterocycles. The second-order valence-electron chi connectivity index (χ2n) is 0.156. The molecule has 0 saturated heterocycles. The van der Waals surface area contributed by atoms with E-state index in [1.165, 1.54) is 0 Å². The van der Waals surface area contributed by atoms with Gasteiger partial charge < -0.3 is 5.48 Å². The van der Waals surface area contributed by atoms with Gasteiger partial charge in [-0.15, -0.1) is 0 Å². The second kappa shape index (κ2) is 34.9. The Labute approximate surface area is 102 Å².